The van der Waals surface area contributed by atoms with Crippen molar-refractivity contribution in [1.29, 1.82) is 0 Å². The van der Waals surface area contributed by atoms with Gasteiger partial charge in [0.05, 0.1) is 40.5 Å². The molecular weight excluding hydrogens is 630 g/mol. The highest BCUT2D eigenvalue weighted by atomic mass is 19.4. The Morgan fingerprint density at radius 3 is 2.13 bits per heavy atom. The molecule has 1 aromatic carbocycles. The average molecular weight is 667 g/mol. The van der Waals surface area contributed by atoms with Gasteiger partial charge in [-0.3, -0.25) is 14.4 Å². The smallest absolute Gasteiger partial charge is 0.379 e. The van der Waals surface area contributed by atoms with Gasteiger partial charge in [0.15, 0.2) is 11.6 Å². The largest absolute Gasteiger partial charge is 0.418 e. The van der Waals surface area contributed by atoms with Crippen molar-refractivity contribution >= 4 is 23.2 Å². The van der Waals surface area contributed by atoms with E-state index < -0.39 is 46.4 Å². The van der Waals surface area contributed by atoms with Crippen molar-refractivity contribution in [1.82, 2.24) is 9.55 Å². The number of alkyl halides is 6. The number of benzene rings is 1. The van der Waals surface area contributed by atoms with Crippen molar-refractivity contribution in [3.05, 3.63) is 69.8 Å². The number of hydrogen-bond acceptors (Lipinski definition) is 5. The molecule has 47 heavy (non-hydrogen) atoms. The molecule has 1 aliphatic heterocycles. The third-order valence-electron chi connectivity index (χ3n) is 8.65. The van der Waals surface area contributed by atoms with Crippen LogP contribution in [0.5, 0.6) is 0 Å². The predicted octanol–water partition coefficient (Wildman–Crippen LogP) is 7.14. The Hall–Kier alpha value is -4.07. The number of ether oxygens (including phenoxy) is 1. The van der Waals surface area contributed by atoms with Crippen LogP contribution in [0.15, 0.2) is 30.6 Å². The number of Topliss-reactive ketones (excluding diaryl/α,β-unsaturated/α-hetero) is 2. The Balaban J connectivity index is 0.000000227. The Labute approximate surface area is 267 Å². The number of halogens is 6. The van der Waals surface area contributed by atoms with Gasteiger partial charge in [0, 0.05) is 54.6 Å². The number of carbonyl (C=O) groups is 3. The van der Waals surface area contributed by atoms with Gasteiger partial charge >= 0.3 is 12.4 Å². The molecule has 0 bridgehead atoms. The van der Waals surface area contributed by atoms with Crippen molar-refractivity contribution in [3.8, 4) is 5.69 Å². The molecule has 0 spiro atoms. The summed E-state index contributed by atoms with van der Waals surface area (Å²) in [6.07, 6.45) is -5.48. The van der Waals surface area contributed by atoms with E-state index >= 15 is 0 Å². The first-order chi connectivity index (χ1) is 21.7. The molecule has 3 aliphatic rings. The van der Waals surface area contributed by atoms with Crippen molar-refractivity contribution in [3.63, 3.8) is 0 Å². The molecule has 1 unspecified atom stereocenters. The number of nitrogens with one attached hydrogen (secondary N) is 2. The minimum atomic E-state index is -4.65. The summed E-state index contributed by atoms with van der Waals surface area (Å²) in [5.41, 5.74) is 4.42. The molecule has 8 nitrogen and oxygen atoms in total. The highest BCUT2D eigenvalue weighted by Crippen LogP contribution is 2.44. The number of amides is 1. The summed E-state index contributed by atoms with van der Waals surface area (Å²) in [4.78, 5) is 38.8. The molecule has 3 heterocycles. The van der Waals surface area contributed by atoms with Crippen molar-refractivity contribution in [2.24, 2.45) is 16.6 Å². The number of aromatic nitrogens is 2. The van der Waals surface area contributed by atoms with Crippen LogP contribution >= 0.6 is 0 Å². The normalized spacial score (nSPS) is 20.3. The second-order valence-electron chi connectivity index (χ2n) is 14.0. The molecule has 3 aromatic rings. The van der Waals surface area contributed by atoms with Crippen LogP contribution in [0, 0.1) is 10.8 Å². The quantitative estimate of drug-likeness (QED) is 0.256. The standard InChI is InChI=1S/C22H24F3N3O3.C11H12F3NO/c1-21(2)8-17-19(18(29)9-21)15(22(23,24)25)10-28(17)13-3-4-14(20(26)30)16(7-13)27-12-5-6-31-11-12;1-10(2)3-7-9(8(16)4-10)6(5-15-7)11(12,13)14/h3-4,7,10,12,27H,5-6,8-9,11H2,1-2H3,(H2,26,30);5,15H,3-4H2,1-2H3. The number of anilines is 1. The number of nitrogens with zero attached hydrogens (tertiary/aromatic N) is 1. The van der Waals surface area contributed by atoms with E-state index in [0.717, 1.165) is 18.8 Å². The molecular formula is C33H36F6N4O4. The lowest BCUT2D eigenvalue weighted by Crippen LogP contribution is -2.29. The number of carbonyl (C=O) groups excluding carboxylic acids is 3. The van der Waals surface area contributed by atoms with Crippen LogP contribution in [-0.2, 0) is 29.9 Å². The number of H-pyrrole nitrogens is 1. The molecule has 2 aliphatic carbocycles. The molecule has 2 aromatic heterocycles. The lowest BCUT2D eigenvalue weighted by Gasteiger charge is -2.30. The summed E-state index contributed by atoms with van der Waals surface area (Å²) in [5, 5.41) is 3.21. The maximum absolute atomic E-state index is 13.7. The second-order valence-corrected chi connectivity index (χ2v) is 14.0. The topological polar surface area (TPSA) is 119 Å². The van der Waals surface area contributed by atoms with E-state index in [1.807, 2.05) is 27.7 Å². The predicted molar refractivity (Wildman–Crippen MR) is 161 cm³/mol. The number of rotatable bonds is 4. The van der Waals surface area contributed by atoms with Crippen LogP contribution in [0.2, 0.25) is 0 Å². The molecule has 4 N–H and O–H groups in total. The zero-order chi connectivity index (χ0) is 34.7. The zero-order valence-electron chi connectivity index (χ0n) is 26.3. The highest BCUT2D eigenvalue weighted by Gasteiger charge is 2.44. The minimum Gasteiger partial charge on any atom is -0.379 e. The SMILES string of the molecule is CC1(C)CC(=O)c2c(C(F)(F)F)c[nH]c2C1.CC1(C)CC(=O)c2c(C(F)(F)F)cn(-c3ccc(C(N)=O)c(NC4CCOC4)c3)c2C1. The number of nitrogens with two attached hydrogens (primary N) is 1. The van der Waals surface area contributed by atoms with Crippen LogP contribution in [0.4, 0.5) is 32.0 Å². The maximum atomic E-state index is 13.7. The number of fused-ring (bicyclic) bond motifs is 2. The van der Waals surface area contributed by atoms with Gasteiger partial charge in [-0.05, 0) is 48.3 Å². The fraction of sp³-hybridized carbons (Fsp3) is 0.485. The van der Waals surface area contributed by atoms with Gasteiger partial charge in [-0.1, -0.05) is 27.7 Å². The summed E-state index contributed by atoms with van der Waals surface area (Å²) in [6, 6.07) is 4.61. The summed E-state index contributed by atoms with van der Waals surface area (Å²) < 4.78 is 85.8. The summed E-state index contributed by atoms with van der Waals surface area (Å²) >= 11 is 0. The fourth-order valence-electron chi connectivity index (χ4n) is 6.61. The van der Waals surface area contributed by atoms with E-state index in [2.05, 4.69) is 10.3 Å². The van der Waals surface area contributed by atoms with Gasteiger partial charge in [-0.2, -0.15) is 26.3 Å². The van der Waals surface area contributed by atoms with E-state index in [9.17, 15) is 40.7 Å². The van der Waals surface area contributed by atoms with Gasteiger partial charge in [0.1, 0.15) is 0 Å². The highest BCUT2D eigenvalue weighted by molar-refractivity contribution is 6.01. The molecule has 14 heteroatoms. The molecule has 1 amide bonds. The molecule has 1 fully saturated rings. The third kappa shape index (κ3) is 7.12. The number of ketones is 2. The fourth-order valence-corrected chi connectivity index (χ4v) is 6.61. The summed E-state index contributed by atoms with van der Waals surface area (Å²) in [7, 11) is 0. The van der Waals surface area contributed by atoms with Gasteiger partial charge in [-0.25, -0.2) is 0 Å². The summed E-state index contributed by atoms with van der Waals surface area (Å²) in [6.45, 7) is 8.52. The minimum absolute atomic E-state index is 0.0295. The van der Waals surface area contributed by atoms with Crippen molar-refractivity contribution in [2.45, 2.75) is 78.2 Å². The van der Waals surface area contributed by atoms with Crippen LogP contribution in [-0.4, -0.2) is 46.3 Å². The second kappa shape index (κ2) is 11.9. The first-order valence-electron chi connectivity index (χ1n) is 15.1. The van der Waals surface area contributed by atoms with Gasteiger partial charge in [0.2, 0.25) is 0 Å². The van der Waals surface area contributed by atoms with E-state index in [4.69, 9.17) is 10.5 Å². The van der Waals surface area contributed by atoms with Crippen molar-refractivity contribution < 1.29 is 45.5 Å². The van der Waals surface area contributed by atoms with E-state index in [0.29, 0.717) is 48.8 Å². The summed E-state index contributed by atoms with van der Waals surface area (Å²) in [5.74, 6) is -1.57. The Bertz CT molecular complexity index is 1730. The van der Waals surface area contributed by atoms with E-state index in [1.165, 1.54) is 10.6 Å². The zero-order valence-corrected chi connectivity index (χ0v) is 26.3. The van der Waals surface area contributed by atoms with Crippen LogP contribution < -0.4 is 11.1 Å². The number of primary amides is 1. The maximum Gasteiger partial charge on any atom is 0.418 e. The molecule has 254 valence electrons. The molecule has 6 rings (SSSR count). The number of hydrogen-bond donors (Lipinski definition) is 3. The van der Waals surface area contributed by atoms with Gasteiger partial charge in [0.25, 0.3) is 5.91 Å². The Kier molecular flexibility index (Phi) is 8.65. The van der Waals surface area contributed by atoms with Gasteiger partial charge in [-0.15, -0.1) is 0 Å². The molecule has 1 atom stereocenters. The average Bonchev–Trinajstić information content (AvgIpc) is 3.66. The van der Waals surface area contributed by atoms with Crippen LogP contribution in [0.25, 0.3) is 5.69 Å². The van der Waals surface area contributed by atoms with E-state index in [-0.39, 0.29) is 41.0 Å². The first kappa shape index (κ1) is 34.3. The van der Waals surface area contributed by atoms with Gasteiger partial charge < -0.3 is 25.3 Å². The third-order valence-corrected chi connectivity index (χ3v) is 8.65. The van der Waals surface area contributed by atoms with Crippen LogP contribution in [0.3, 0.4) is 0 Å². The monoisotopic (exact) mass is 666 g/mol. The first-order valence-corrected chi connectivity index (χ1v) is 15.1. The molecule has 0 radical (unpaired) electrons. The lowest BCUT2D eigenvalue weighted by atomic mass is 9.75. The Morgan fingerprint density at radius 1 is 0.936 bits per heavy atom. The number of aromatic amines is 1. The van der Waals surface area contributed by atoms with Crippen LogP contribution in [0.1, 0.15) is 101 Å². The molecule has 0 saturated carbocycles. The lowest BCUT2D eigenvalue weighted by molar-refractivity contribution is -0.138. The van der Waals surface area contributed by atoms with E-state index in [1.54, 1.807) is 12.1 Å². The Morgan fingerprint density at radius 2 is 1.55 bits per heavy atom. The van der Waals surface area contributed by atoms with Crippen molar-refractivity contribution in [2.75, 3.05) is 18.5 Å². The molecule has 1 saturated heterocycles.